The first-order valence-electron chi connectivity index (χ1n) is 9.45. The third-order valence-electron chi connectivity index (χ3n) is 4.57. The molecule has 0 saturated heterocycles. The van der Waals surface area contributed by atoms with Crippen LogP contribution in [-0.2, 0) is 17.8 Å². The van der Waals surface area contributed by atoms with E-state index in [0.29, 0.717) is 24.7 Å². The van der Waals surface area contributed by atoms with Gasteiger partial charge in [0.25, 0.3) is 0 Å². The van der Waals surface area contributed by atoms with Crippen molar-refractivity contribution in [1.82, 2.24) is 14.8 Å². The fourth-order valence-electron chi connectivity index (χ4n) is 2.85. The molecule has 0 fully saturated rings. The van der Waals surface area contributed by atoms with Crippen molar-refractivity contribution in [1.29, 1.82) is 0 Å². The number of amides is 1. The number of hydrogen-bond donors (Lipinski definition) is 1. The van der Waals surface area contributed by atoms with Gasteiger partial charge < -0.3 is 10.2 Å². The maximum Gasteiger partial charge on any atom is 0.229 e. The lowest BCUT2D eigenvalue weighted by molar-refractivity contribution is -0.115. The zero-order valence-electron chi connectivity index (χ0n) is 16.9. The van der Waals surface area contributed by atoms with E-state index >= 15 is 0 Å². The van der Waals surface area contributed by atoms with Crippen LogP contribution in [-0.4, -0.2) is 34.8 Å². The summed E-state index contributed by atoms with van der Waals surface area (Å²) in [6.07, 6.45) is 4.01. The molecule has 146 valence electrons. The van der Waals surface area contributed by atoms with E-state index in [2.05, 4.69) is 41.4 Å². The molecule has 0 unspecified atom stereocenters. The molecular weight excluding hydrogens is 350 g/mol. The molecule has 2 heterocycles. The van der Waals surface area contributed by atoms with Gasteiger partial charge in [0.1, 0.15) is 0 Å². The van der Waals surface area contributed by atoms with Gasteiger partial charge >= 0.3 is 0 Å². The molecule has 0 atom stereocenters. The molecule has 0 bridgehead atoms. The van der Waals surface area contributed by atoms with Gasteiger partial charge in [0.05, 0.1) is 30.5 Å². The first-order valence-corrected chi connectivity index (χ1v) is 9.45. The lowest BCUT2D eigenvalue weighted by Gasteiger charge is -2.11. The monoisotopic (exact) mass is 377 g/mol. The van der Waals surface area contributed by atoms with Crippen molar-refractivity contribution in [2.45, 2.75) is 32.7 Å². The topological polar surface area (TPSA) is 63.1 Å². The fourth-order valence-corrected chi connectivity index (χ4v) is 2.85. The summed E-state index contributed by atoms with van der Waals surface area (Å²) in [6.45, 7) is 4.87. The van der Waals surface area contributed by atoms with Crippen LogP contribution >= 0.6 is 0 Å². The van der Waals surface area contributed by atoms with Crippen molar-refractivity contribution >= 4 is 17.4 Å². The van der Waals surface area contributed by atoms with Crippen LogP contribution in [0, 0.1) is 0 Å². The zero-order valence-corrected chi connectivity index (χ0v) is 16.9. The number of anilines is 2. The molecule has 6 heteroatoms. The van der Waals surface area contributed by atoms with Crippen LogP contribution in [0.1, 0.15) is 36.6 Å². The number of nitrogens with zero attached hydrogens (tertiary/aromatic N) is 4. The number of carbonyl (C=O) groups excluding carboxylic acids is 1. The normalized spacial score (nSPS) is 10.9. The largest absolute Gasteiger partial charge is 0.376 e. The molecular formula is C22H27N5O. The first kappa shape index (κ1) is 19.6. The van der Waals surface area contributed by atoms with Gasteiger partial charge in [-0.3, -0.25) is 14.5 Å². The Kier molecular flexibility index (Phi) is 6.09. The maximum absolute atomic E-state index is 12.3. The molecule has 3 aromatic rings. The Morgan fingerprint density at radius 1 is 1.11 bits per heavy atom. The number of hydrogen-bond acceptors (Lipinski definition) is 4. The lowest BCUT2D eigenvalue weighted by atomic mass is 10.0. The SMILES string of the molecule is CC(C)c1ccc(CC(=O)Nc2ccn(Cc3ccc(N(C)C)cn3)n2)cc1. The standard InChI is InChI=1S/C22H27N5O/c1-16(2)18-7-5-17(6-8-18)13-22(28)24-21-11-12-27(25-21)15-19-9-10-20(14-23-19)26(3)4/h5-12,14,16H,13,15H2,1-4H3,(H,24,25,28). The van der Waals surface area contributed by atoms with Gasteiger partial charge in [0.2, 0.25) is 5.91 Å². The summed E-state index contributed by atoms with van der Waals surface area (Å²) >= 11 is 0. The number of pyridine rings is 1. The molecule has 0 spiro atoms. The Morgan fingerprint density at radius 2 is 1.86 bits per heavy atom. The summed E-state index contributed by atoms with van der Waals surface area (Å²) in [5, 5.41) is 7.28. The number of carbonyl (C=O) groups is 1. The van der Waals surface area contributed by atoms with Gasteiger partial charge in [-0.1, -0.05) is 38.1 Å². The highest BCUT2D eigenvalue weighted by Crippen LogP contribution is 2.15. The molecule has 3 rings (SSSR count). The zero-order chi connectivity index (χ0) is 20.1. The third-order valence-corrected chi connectivity index (χ3v) is 4.57. The van der Waals surface area contributed by atoms with Crippen LogP contribution in [0.5, 0.6) is 0 Å². The van der Waals surface area contributed by atoms with Crippen molar-refractivity contribution in [3.8, 4) is 0 Å². The van der Waals surface area contributed by atoms with E-state index in [1.165, 1.54) is 5.56 Å². The van der Waals surface area contributed by atoms with E-state index in [4.69, 9.17) is 0 Å². The quantitative estimate of drug-likeness (QED) is 0.682. The second-order valence-corrected chi connectivity index (χ2v) is 7.42. The molecule has 1 amide bonds. The van der Waals surface area contributed by atoms with Crippen molar-refractivity contribution in [2.24, 2.45) is 0 Å². The Hall–Kier alpha value is -3.15. The van der Waals surface area contributed by atoms with Crippen LogP contribution in [0.4, 0.5) is 11.5 Å². The Morgan fingerprint density at radius 3 is 2.46 bits per heavy atom. The summed E-state index contributed by atoms with van der Waals surface area (Å²) in [5.74, 6) is 0.963. The summed E-state index contributed by atoms with van der Waals surface area (Å²) in [7, 11) is 3.97. The first-order chi connectivity index (χ1) is 13.4. The summed E-state index contributed by atoms with van der Waals surface area (Å²) in [4.78, 5) is 18.8. The molecule has 0 saturated carbocycles. The second-order valence-electron chi connectivity index (χ2n) is 7.42. The Balaban J connectivity index is 1.55. The van der Waals surface area contributed by atoms with Crippen LogP contribution in [0.2, 0.25) is 0 Å². The van der Waals surface area contributed by atoms with Crippen LogP contribution in [0.15, 0.2) is 54.9 Å². The number of aromatic nitrogens is 3. The smallest absolute Gasteiger partial charge is 0.229 e. The second kappa shape index (κ2) is 8.69. The van der Waals surface area contributed by atoms with E-state index in [1.54, 1.807) is 10.7 Å². The van der Waals surface area contributed by atoms with Gasteiger partial charge in [-0.15, -0.1) is 0 Å². The summed E-state index contributed by atoms with van der Waals surface area (Å²) in [6, 6.07) is 14.0. The maximum atomic E-state index is 12.3. The van der Waals surface area contributed by atoms with E-state index < -0.39 is 0 Å². The minimum absolute atomic E-state index is 0.0731. The molecule has 0 aliphatic carbocycles. The van der Waals surface area contributed by atoms with Crippen LogP contribution < -0.4 is 10.2 Å². The van der Waals surface area contributed by atoms with Gasteiger partial charge in [-0.25, -0.2) is 0 Å². The molecule has 0 aliphatic heterocycles. The highest BCUT2D eigenvalue weighted by atomic mass is 16.1. The molecule has 1 aromatic carbocycles. The minimum Gasteiger partial charge on any atom is -0.376 e. The molecule has 2 aromatic heterocycles. The molecule has 1 N–H and O–H groups in total. The molecule has 6 nitrogen and oxygen atoms in total. The summed E-state index contributed by atoms with van der Waals surface area (Å²) in [5.41, 5.74) is 4.23. The van der Waals surface area contributed by atoms with Crippen LogP contribution in [0.3, 0.4) is 0 Å². The number of nitrogens with one attached hydrogen (secondary N) is 1. The minimum atomic E-state index is -0.0731. The molecule has 0 aliphatic rings. The third kappa shape index (κ3) is 5.19. The average Bonchev–Trinajstić information content (AvgIpc) is 3.09. The van der Waals surface area contributed by atoms with Gasteiger partial charge in [0.15, 0.2) is 5.82 Å². The van der Waals surface area contributed by atoms with Crippen molar-refractivity contribution < 1.29 is 4.79 Å². The van der Waals surface area contributed by atoms with E-state index in [-0.39, 0.29) is 5.91 Å². The van der Waals surface area contributed by atoms with E-state index in [0.717, 1.165) is 16.9 Å². The predicted molar refractivity (Wildman–Crippen MR) is 113 cm³/mol. The Bertz CT molecular complexity index is 911. The molecule has 0 radical (unpaired) electrons. The van der Waals surface area contributed by atoms with Crippen molar-refractivity contribution in [3.05, 3.63) is 71.7 Å². The summed E-state index contributed by atoms with van der Waals surface area (Å²) < 4.78 is 1.77. The number of benzene rings is 1. The van der Waals surface area contributed by atoms with E-state index in [9.17, 15) is 4.79 Å². The van der Waals surface area contributed by atoms with Gasteiger partial charge in [-0.05, 0) is 29.2 Å². The van der Waals surface area contributed by atoms with Gasteiger partial charge in [0, 0.05) is 26.4 Å². The molecule has 28 heavy (non-hydrogen) atoms. The van der Waals surface area contributed by atoms with Gasteiger partial charge in [-0.2, -0.15) is 5.10 Å². The van der Waals surface area contributed by atoms with Crippen molar-refractivity contribution in [2.75, 3.05) is 24.3 Å². The fraction of sp³-hybridized carbons (Fsp3) is 0.318. The van der Waals surface area contributed by atoms with Crippen molar-refractivity contribution in [3.63, 3.8) is 0 Å². The number of rotatable bonds is 7. The highest BCUT2D eigenvalue weighted by Gasteiger charge is 2.08. The predicted octanol–water partition coefficient (Wildman–Crippen LogP) is 3.70. The van der Waals surface area contributed by atoms with Crippen LogP contribution in [0.25, 0.3) is 0 Å². The highest BCUT2D eigenvalue weighted by molar-refractivity contribution is 5.91. The Labute approximate surface area is 166 Å². The lowest BCUT2D eigenvalue weighted by Crippen LogP contribution is -2.15. The van der Waals surface area contributed by atoms with E-state index in [1.807, 2.05) is 55.7 Å². The average molecular weight is 377 g/mol.